The Balaban J connectivity index is 1.33. The van der Waals surface area contributed by atoms with Crippen LogP contribution in [0.2, 0.25) is 0 Å². The fourth-order valence-electron chi connectivity index (χ4n) is 4.32. The van der Waals surface area contributed by atoms with Crippen molar-refractivity contribution in [2.45, 2.75) is 38.7 Å². The Kier molecular flexibility index (Phi) is 3.98. The molecule has 0 bridgehead atoms. The Morgan fingerprint density at radius 3 is 2.66 bits per heavy atom. The van der Waals surface area contributed by atoms with Crippen LogP contribution >= 0.6 is 0 Å². The first-order chi connectivity index (χ1) is 13.9. The van der Waals surface area contributed by atoms with Gasteiger partial charge in [0.1, 0.15) is 16.9 Å². The minimum atomic E-state index is -0.515. The maximum Gasteiger partial charge on any atom is 0.253 e. The number of rotatable bonds is 1. The van der Waals surface area contributed by atoms with E-state index in [1.54, 1.807) is 18.2 Å². The van der Waals surface area contributed by atoms with E-state index in [1.807, 2.05) is 30.9 Å². The second kappa shape index (κ2) is 6.44. The molecule has 2 aliphatic rings. The van der Waals surface area contributed by atoms with Gasteiger partial charge in [0.2, 0.25) is 0 Å². The van der Waals surface area contributed by atoms with Crippen LogP contribution in [0.3, 0.4) is 0 Å². The molecule has 0 N–H and O–H groups in total. The summed E-state index contributed by atoms with van der Waals surface area (Å²) in [7, 11) is 0. The number of Topliss-reactive ketones (excluding diaryl/α,β-unsaturated/α-hetero) is 1. The van der Waals surface area contributed by atoms with Crippen LogP contribution in [0.1, 0.15) is 51.1 Å². The molecule has 3 heterocycles. The fraction of sp³-hybridized carbons (Fsp3) is 0.348. The van der Waals surface area contributed by atoms with Gasteiger partial charge in [0.05, 0.1) is 12.0 Å². The van der Waals surface area contributed by atoms with Gasteiger partial charge in [0, 0.05) is 31.5 Å². The van der Waals surface area contributed by atoms with Gasteiger partial charge in [0.15, 0.2) is 17.8 Å². The number of carbonyl (C=O) groups excluding carboxylic acids is 2. The predicted octanol–water partition coefficient (Wildman–Crippen LogP) is 4.08. The third-order valence-electron chi connectivity index (χ3n) is 6.24. The summed E-state index contributed by atoms with van der Waals surface area (Å²) >= 11 is 0. The number of ether oxygens (including phenoxy) is 1. The summed E-state index contributed by atoms with van der Waals surface area (Å²) in [6.45, 7) is 5.15. The van der Waals surface area contributed by atoms with Crippen molar-refractivity contribution < 1.29 is 18.7 Å². The van der Waals surface area contributed by atoms with Gasteiger partial charge in [-0.2, -0.15) is 0 Å². The van der Waals surface area contributed by atoms with E-state index >= 15 is 0 Å². The largest absolute Gasteiger partial charge is 0.486 e. The molecule has 6 nitrogen and oxygen atoms in total. The first kappa shape index (κ1) is 17.9. The van der Waals surface area contributed by atoms with Gasteiger partial charge in [-0.3, -0.25) is 9.59 Å². The quantitative estimate of drug-likeness (QED) is 0.626. The maximum atomic E-state index is 12.9. The lowest BCUT2D eigenvalue weighted by Crippen LogP contribution is -2.52. The van der Waals surface area contributed by atoms with E-state index in [-0.39, 0.29) is 11.7 Å². The van der Waals surface area contributed by atoms with Gasteiger partial charge in [-0.25, -0.2) is 4.98 Å². The first-order valence-corrected chi connectivity index (χ1v) is 9.90. The molecule has 148 valence electrons. The molecule has 3 aromatic rings. The Morgan fingerprint density at radius 2 is 1.86 bits per heavy atom. The number of hydrogen-bond donors (Lipinski definition) is 0. The summed E-state index contributed by atoms with van der Waals surface area (Å²) in [5, 5.41) is 0. The van der Waals surface area contributed by atoms with Crippen molar-refractivity contribution in [3.63, 3.8) is 0 Å². The minimum Gasteiger partial charge on any atom is -0.486 e. The lowest BCUT2D eigenvalue weighted by atomic mass is 9.81. The van der Waals surface area contributed by atoms with Gasteiger partial charge in [-0.15, -0.1) is 0 Å². The van der Waals surface area contributed by atoms with Gasteiger partial charge in [0.25, 0.3) is 5.91 Å². The molecule has 1 spiro atoms. The topological polar surface area (TPSA) is 72.6 Å². The van der Waals surface area contributed by atoms with Gasteiger partial charge in [-0.05, 0) is 55.3 Å². The standard InChI is InChI=1S/C23H22N2O4/c1-14-9-17-19(26)12-23(29-21(17)10-15(14)2)5-7-25(8-6-23)22(27)16-3-4-20-18(11-16)24-13-28-20/h3-4,9-11,13H,5-8,12H2,1-2H3. The molecular weight excluding hydrogens is 368 g/mol. The van der Waals surface area contributed by atoms with Crippen molar-refractivity contribution in [1.29, 1.82) is 0 Å². The number of nitrogens with zero attached hydrogens (tertiary/aromatic N) is 2. The summed E-state index contributed by atoms with van der Waals surface area (Å²) in [6.07, 6.45) is 3.03. The third-order valence-corrected chi connectivity index (χ3v) is 6.24. The summed E-state index contributed by atoms with van der Waals surface area (Å²) in [5.74, 6) is 0.782. The average molecular weight is 390 g/mol. The molecular formula is C23H22N2O4. The number of ketones is 1. The van der Waals surface area contributed by atoms with E-state index in [0.29, 0.717) is 60.3 Å². The molecule has 1 amide bonds. The highest BCUT2D eigenvalue weighted by Crippen LogP contribution is 2.40. The van der Waals surface area contributed by atoms with Gasteiger partial charge in [-0.1, -0.05) is 0 Å². The highest BCUT2D eigenvalue weighted by atomic mass is 16.5. The van der Waals surface area contributed by atoms with Crippen molar-refractivity contribution in [3.05, 3.63) is 59.0 Å². The number of piperidine rings is 1. The molecule has 29 heavy (non-hydrogen) atoms. The van der Waals surface area contributed by atoms with Gasteiger partial charge >= 0.3 is 0 Å². The fourth-order valence-corrected chi connectivity index (χ4v) is 4.32. The number of hydrogen-bond acceptors (Lipinski definition) is 5. The van der Waals surface area contributed by atoms with Crippen molar-refractivity contribution in [2.24, 2.45) is 0 Å². The first-order valence-electron chi connectivity index (χ1n) is 9.90. The van der Waals surface area contributed by atoms with Crippen LogP contribution in [-0.2, 0) is 0 Å². The lowest BCUT2D eigenvalue weighted by molar-refractivity contribution is -0.00575. The highest BCUT2D eigenvalue weighted by Gasteiger charge is 2.43. The number of aromatic nitrogens is 1. The van der Waals surface area contributed by atoms with Crippen molar-refractivity contribution in [2.75, 3.05) is 13.1 Å². The highest BCUT2D eigenvalue weighted by molar-refractivity contribution is 6.01. The van der Waals surface area contributed by atoms with Crippen LogP contribution in [0.5, 0.6) is 5.75 Å². The van der Waals surface area contributed by atoms with Crippen molar-refractivity contribution >= 4 is 22.8 Å². The molecule has 0 saturated carbocycles. The predicted molar refractivity (Wildman–Crippen MR) is 107 cm³/mol. The second-order valence-electron chi connectivity index (χ2n) is 8.14. The summed E-state index contributed by atoms with van der Waals surface area (Å²) in [4.78, 5) is 31.7. The SMILES string of the molecule is Cc1cc2c(cc1C)C(=O)CC1(CCN(C(=O)c3ccc4ocnc4c3)CC1)O2. The van der Waals surface area contributed by atoms with Crippen LogP contribution in [0.25, 0.3) is 11.1 Å². The van der Waals surface area contributed by atoms with Crippen LogP contribution in [-0.4, -0.2) is 40.3 Å². The zero-order valence-corrected chi connectivity index (χ0v) is 16.5. The number of carbonyl (C=O) groups is 2. The molecule has 0 aliphatic carbocycles. The molecule has 2 aromatic carbocycles. The Morgan fingerprint density at radius 1 is 1.10 bits per heavy atom. The van der Waals surface area contributed by atoms with Crippen LogP contribution in [0.15, 0.2) is 41.1 Å². The van der Waals surface area contributed by atoms with E-state index in [4.69, 9.17) is 9.15 Å². The summed E-state index contributed by atoms with van der Waals surface area (Å²) in [5.41, 5.74) is 4.31. The van der Waals surface area contributed by atoms with E-state index in [1.165, 1.54) is 6.39 Å². The molecule has 0 radical (unpaired) electrons. The van der Waals surface area contributed by atoms with Crippen molar-refractivity contribution in [3.8, 4) is 5.75 Å². The number of likely N-dealkylation sites (tertiary alicyclic amines) is 1. The Hall–Kier alpha value is -3.15. The normalized spacial score (nSPS) is 18.0. The number of amides is 1. The molecule has 1 aromatic heterocycles. The zero-order valence-electron chi connectivity index (χ0n) is 16.5. The summed E-state index contributed by atoms with van der Waals surface area (Å²) in [6, 6.07) is 9.19. The number of benzene rings is 2. The van der Waals surface area contributed by atoms with Crippen LogP contribution < -0.4 is 4.74 Å². The zero-order chi connectivity index (χ0) is 20.2. The second-order valence-corrected chi connectivity index (χ2v) is 8.14. The molecule has 1 fully saturated rings. The molecule has 5 rings (SSSR count). The van der Waals surface area contributed by atoms with E-state index < -0.39 is 5.60 Å². The maximum absolute atomic E-state index is 12.9. The Labute approximate surface area is 168 Å². The summed E-state index contributed by atoms with van der Waals surface area (Å²) < 4.78 is 11.6. The Bertz CT molecular complexity index is 1140. The average Bonchev–Trinajstić information content (AvgIpc) is 3.17. The smallest absolute Gasteiger partial charge is 0.253 e. The van der Waals surface area contributed by atoms with E-state index in [9.17, 15) is 9.59 Å². The lowest BCUT2D eigenvalue weighted by Gasteiger charge is -2.44. The van der Waals surface area contributed by atoms with Crippen LogP contribution in [0.4, 0.5) is 0 Å². The molecule has 6 heteroatoms. The van der Waals surface area contributed by atoms with Crippen molar-refractivity contribution in [1.82, 2.24) is 9.88 Å². The molecule has 2 aliphatic heterocycles. The minimum absolute atomic E-state index is 0.0289. The number of fused-ring (bicyclic) bond motifs is 2. The molecule has 1 saturated heterocycles. The molecule has 0 atom stereocenters. The number of oxazole rings is 1. The monoisotopic (exact) mass is 390 g/mol. The molecule has 0 unspecified atom stereocenters. The van der Waals surface area contributed by atoms with Gasteiger partial charge < -0.3 is 14.1 Å². The third kappa shape index (κ3) is 2.99. The van der Waals surface area contributed by atoms with E-state index in [2.05, 4.69) is 4.98 Å². The number of aryl methyl sites for hydroxylation is 2. The van der Waals surface area contributed by atoms with Crippen LogP contribution in [0, 0.1) is 13.8 Å². The van der Waals surface area contributed by atoms with E-state index in [0.717, 1.165) is 11.1 Å².